The van der Waals surface area contributed by atoms with Crippen LogP contribution >= 0.6 is 22.9 Å². The molecule has 3 rings (SSSR count). The molecule has 0 bridgehead atoms. The fourth-order valence-corrected chi connectivity index (χ4v) is 2.12. The van der Waals surface area contributed by atoms with Crippen molar-refractivity contribution in [3.05, 3.63) is 17.2 Å². The molecule has 0 amide bonds. The van der Waals surface area contributed by atoms with E-state index in [-0.39, 0.29) is 0 Å². The Hall–Kier alpha value is -1.01. The lowest BCUT2D eigenvalue weighted by Crippen LogP contribution is -1.94. The number of hydrogen-bond acceptors (Lipinski definition) is 5. The Morgan fingerprint density at radius 3 is 3.00 bits per heavy atom. The van der Waals surface area contributed by atoms with Crippen molar-refractivity contribution in [2.24, 2.45) is 0 Å². The molecule has 1 fully saturated rings. The summed E-state index contributed by atoms with van der Waals surface area (Å²) in [6.45, 7) is 0. The van der Waals surface area contributed by atoms with Gasteiger partial charge < -0.3 is 0 Å². The Labute approximate surface area is 95.1 Å². The molecule has 2 aromatic heterocycles. The molecule has 2 aromatic rings. The lowest BCUT2D eigenvalue weighted by Gasteiger charge is -1.89. The maximum Gasteiger partial charge on any atom is 0.234 e. The predicted octanol–water partition coefficient (Wildman–Crippen LogP) is 1.73. The molecule has 0 radical (unpaired) electrons. The summed E-state index contributed by atoms with van der Waals surface area (Å²) < 4.78 is 1.67. The summed E-state index contributed by atoms with van der Waals surface area (Å²) in [7, 11) is 0. The van der Waals surface area contributed by atoms with Gasteiger partial charge in [-0.3, -0.25) is 0 Å². The molecule has 7 heteroatoms. The normalized spacial score (nSPS) is 15.8. The van der Waals surface area contributed by atoms with Gasteiger partial charge in [-0.2, -0.15) is 4.68 Å². The van der Waals surface area contributed by atoms with Gasteiger partial charge in [0, 0.05) is 5.92 Å². The smallest absolute Gasteiger partial charge is 0.219 e. The molecule has 0 N–H and O–H groups in total. The zero-order valence-corrected chi connectivity index (χ0v) is 9.37. The van der Waals surface area contributed by atoms with Gasteiger partial charge in [-0.05, 0) is 12.8 Å². The fraction of sp³-hybridized carbons (Fsp3) is 0.500. The molecule has 78 valence electrons. The average molecular weight is 242 g/mol. The van der Waals surface area contributed by atoms with Crippen molar-refractivity contribution in [1.82, 2.24) is 25.0 Å². The first-order chi connectivity index (χ1) is 7.36. The van der Waals surface area contributed by atoms with E-state index in [9.17, 15) is 0 Å². The van der Waals surface area contributed by atoms with Crippen LogP contribution in [0.4, 0.5) is 0 Å². The molecule has 1 aliphatic carbocycles. The molecule has 0 aromatic carbocycles. The average Bonchev–Trinajstić information content (AvgIpc) is 2.84. The van der Waals surface area contributed by atoms with Crippen molar-refractivity contribution in [2.75, 3.05) is 0 Å². The van der Waals surface area contributed by atoms with Crippen molar-refractivity contribution in [3.8, 4) is 5.13 Å². The zero-order chi connectivity index (χ0) is 10.3. The van der Waals surface area contributed by atoms with E-state index < -0.39 is 0 Å². The van der Waals surface area contributed by atoms with Gasteiger partial charge in [0.15, 0.2) is 5.82 Å². The van der Waals surface area contributed by atoms with Crippen LogP contribution < -0.4 is 0 Å². The minimum Gasteiger partial charge on any atom is -0.219 e. The van der Waals surface area contributed by atoms with E-state index in [2.05, 4.69) is 20.3 Å². The van der Waals surface area contributed by atoms with Crippen LogP contribution in [0.25, 0.3) is 5.13 Å². The molecule has 0 spiro atoms. The number of rotatable bonds is 3. The SMILES string of the molecule is ClCc1nnc(-n2cnc(C3CC3)n2)s1. The molecule has 1 saturated carbocycles. The first-order valence-electron chi connectivity index (χ1n) is 4.67. The van der Waals surface area contributed by atoms with Crippen LogP contribution in [0.2, 0.25) is 0 Å². The third kappa shape index (κ3) is 1.74. The van der Waals surface area contributed by atoms with Gasteiger partial charge in [0.05, 0.1) is 5.88 Å². The van der Waals surface area contributed by atoms with E-state index >= 15 is 0 Å². The van der Waals surface area contributed by atoms with Crippen LogP contribution in [0, 0.1) is 0 Å². The second kappa shape index (κ2) is 3.53. The summed E-state index contributed by atoms with van der Waals surface area (Å²) in [4.78, 5) is 4.25. The van der Waals surface area contributed by atoms with Crippen LogP contribution in [0.1, 0.15) is 29.6 Å². The van der Waals surface area contributed by atoms with Gasteiger partial charge in [-0.25, -0.2) is 4.98 Å². The zero-order valence-electron chi connectivity index (χ0n) is 7.80. The molecule has 0 unspecified atom stereocenters. The fourth-order valence-electron chi connectivity index (χ4n) is 1.29. The first kappa shape index (κ1) is 9.23. The Bertz CT molecular complexity index is 475. The molecular formula is C8H8ClN5S. The van der Waals surface area contributed by atoms with Gasteiger partial charge >= 0.3 is 0 Å². The van der Waals surface area contributed by atoms with Crippen LogP contribution in [-0.4, -0.2) is 25.0 Å². The first-order valence-corrected chi connectivity index (χ1v) is 6.02. The van der Waals surface area contributed by atoms with Gasteiger partial charge in [0.25, 0.3) is 0 Å². The number of alkyl halides is 1. The molecule has 0 atom stereocenters. The highest BCUT2D eigenvalue weighted by atomic mass is 35.5. The number of halogens is 1. The van der Waals surface area contributed by atoms with Crippen molar-refractivity contribution >= 4 is 22.9 Å². The second-order valence-electron chi connectivity index (χ2n) is 3.43. The van der Waals surface area contributed by atoms with E-state index in [0.717, 1.165) is 16.0 Å². The van der Waals surface area contributed by atoms with Crippen molar-refractivity contribution in [3.63, 3.8) is 0 Å². The lowest BCUT2D eigenvalue weighted by molar-refractivity contribution is 0.811. The van der Waals surface area contributed by atoms with Gasteiger partial charge in [0.1, 0.15) is 11.3 Å². The van der Waals surface area contributed by atoms with Crippen molar-refractivity contribution in [1.29, 1.82) is 0 Å². The summed E-state index contributed by atoms with van der Waals surface area (Å²) >= 11 is 7.09. The van der Waals surface area contributed by atoms with E-state index in [4.69, 9.17) is 11.6 Å². The molecule has 1 aliphatic rings. The van der Waals surface area contributed by atoms with Crippen LogP contribution in [0.5, 0.6) is 0 Å². The maximum absolute atomic E-state index is 5.66. The lowest BCUT2D eigenvalue weighted by atomic mass is 10.4. The molecular weight excluding hydrogens is 234 g/mol. The molecule has 15 heavy (non-hydrogen) atoms. The Morgan fingerprint density at radius 2 is 2.33 bits per heavy atom. The van der Waals surface area contributed by atoms with Crippen molar-refractivity contribution < 1.29 is 0 Å². The topological polar surface area (TPSA) is 56.5 Å². The van der Waals surface area contributed by atoms with Crippen LogP contribution in [0.3, 0.4) is 0 Å². The highest BCUT2D eigenvalue weighted by Gasteiger charge is 2.27. The summed E-state index contributed by atoms with van der Waals surface area (Å²) in [6.07, 6.45) is 4.09. The van der Waals surface area contributed by atoms with Crippen LogP contribution in [-0.2, 0) is 5.88 Å². The van der Waals surface area contributed by atoms with Gasteiger partial charge in [0.2, 0.25) is 5.13 Å². The second-order valence-corrected chi connectivity index (χ2v) is 4.74. The highest BCUT2D eigenvalue weighted by Crippen LogP contribution is 2.37. The minimum absolute atomic E-state index is 0.391. The Balaban J connectivity index is 1.90. The summed E-state index contributed by atoms with van der Waals surface area (Å²) in [5, 5.41) is 13.8. The maximum atomic E-state index is 5.66. The predicted molar refractivity (Wildman–Crippen MR) is 56.4 cm³/mol. The van der Waals surface area contributed by atoms with E-state index in [0.29, 0.717) is 11.8 Å². The summed E-state index contributed by atoms with van der Waals surface area (Å²) in [5.41, 5.74) is 0. The third-order valence-corrected chi connectivity index (χ3v) is 3.54. The number of hydrogen-bond donors (Lipinski definition) is 0. The quantitative estimate of drug-likeness (QED) is 0.768. The van der Waals surface area contributed by atoms with Crippen LogP contribution in [0.15, 0.2) is 6.33 Å². The molecule has 0 aliphatic heterocycles. The monoisotopic (exact) mass is 241 g/mol. The van der Waals surface area contributed by atoms with Gasteiger partial charge in [-0.15, -0.1) is 26.9 Å². The van der Waals surface area contributed by atoms with E-state index in [1.54, 1.807) is 11.0 Å². The molecule has 5 nitrogen and oxygen atoms in total. The Kier molecular flexibility index (Phi) is 2.17. The largest absolute Gasteiger partial charge is 0.234 e. The standard InChI is InChI=1S/C8H8ClN5S/c9-3-6-11-12-8(15-6)14-4-10-7(13-14)5-1-2-5/h4-5H,1-3H2. The van der Waals surface area contributed by atoms with E-state index in [1.807, 2.05) is 0 Å². The summed E-state index contributed by atoms with van der Waals surface area (Å²) in [5.74, 6) is 1.87. The van der Waals surface area contributed by atoms with Crippen molar-refractivity contribution in [2.45, 2.75) is 24.6 Å². The van der Waals surface area contributed by atoms with Gasteiger partial charge in [-0.1, -0.05) is 11.3 Å². The third-order valence-electron chi connectivity index (χ3n) is 2.22. The minimum atomic E-state index is 0.391. The summed E-state index contributed by atoms with van der Waals surface area (Å²) in [6, 6.07) is 0. The number of nitrogens with zero attached hydrogens (tertiary/aromatic N) is 5. The van der Waals surface area contributed by atoms with E-state index in [1.165, 1.54) is 24.2 Å². The highest BCUT2D eigenvalue weighted by molar-refractivity contribution is 7.13. The number of aromatic nitrogens is 5. The Morgan fingerprint density at radius 1 is 1.47 bits per heavy atom. The molecule has 0 saturated heterocycles. The molecule has 2 heterocycles.